The Morgan fingerprint density at radius 1 is 1.33 bits per heavy atom. The van der Waals surface area contributed by atoms with Gasteiger partial charge in [0.1, 0.15) is 5.01 Å². The number of rotatable bonds is 4. The van der Waals surface area contributed by atoms with Gasteiger partial charge in [-0.2, -0.15) is 9.61 Å². The van der Waals surface area contributed by atoms with Crippen molar-refractivity contribution >= 4 is 16.3 Å². The highest BCUT2D eigenvalue weighted by Crippen LogP contribution is 2.26. The SMILES string of the molecule is CCNCC(C)c1nn2c(C(C)(C)C)nnc2s1. The van der Waals surface area contributed by atoms with E-state index in [4.69, 9.17) is 0 Å². The van der Waals surface area contributed by atoms with Crippen molar-refractivity contribution in [1.82, 2.24) is 25.1 Å². The second-order valence-electron chi connectivity index (χ2n) is 5.62. The van der Waals surface area contributed by atoms with E-state index in [1.54, 1.807) is 11.3 Å². The number of fused-ring (bicyclic) bond motifs is 1. The van der Waals surface area contributed by atoms with Gasteiger partial charge in [-0.1, -0.05) is 46.0 Å². The standard InChI is InChI=1S/C12H21N5S/c1-6-13-7-8(2)9-16-17-10(12(3,4)5)14-15-11(17)18-9/h8,13H,6-7H2,1-5H3. The average Bonchev–Trinajstić information content (AvgIpc) is 2.82. The Labute approximate surface area is 112 Å². The summed E-state index contributed by atoms with van der Waals surface area (Å²) in [4.78, 5) is 0.887. The van der Waals surface area contributed by atoms with Crippen LogP contribution in [0.25, 0.3) is 4.96 Å². The first-order chi connectivity index (χ1) is 8.43. The quantitative estimate of drug-likeness (QED) is 0.922. The van der Waals surface area contributed by atoms with Gasteiger partial charge in [0, 0.05) is 17.9 Å². The van der Waals surface area contributed by atoms with E-state index in [0.717, 1.165) is 28.9 Å². The Hall–Kier alpha value is -1.01. The average molecular weight is 267 g/mol. The van der Waals surface area contributed by atoms with Gasteiger partial charge in [0.05, 0.1) is 0 Å². The smallest absolute Gasteiger partial charge is 0.234 e. The Morgan fingerprint density at radius 2 is 2.06 bits per heavy atom. The lowest BCUT2D eigenvalue weighted by molar-refractivity contribution is 0.524. The minimum absolute atomic E-state index is 0.0321. The van der Waals surface area contributed by atoms with E-state index in [1.165, 1.54) is 0 Å². The van der Waals surface area contributed by atoms with Crippen LogP contribution < -0.4 is 5.32 Å². The molecule has 2 rings (SSSR count). The van der Waals surface area contributed by atoms with Crippen molar-refractivity contribution in [3.05, 3.63) is 10.8 Å². The van der Waals surface area contributed by atoms with Crippen LogP contribution in [-0.4, -0.2) is 32.9 Å². The van der Waals surface area contributed by atoms with Gasteiger partial charge in [-0.25, -0.2) is 0 Å². The summed E-state index contributed by atoms with van der Waals surface area (Å²) in [6.07, 6.45) is 0. The molecule has 1 unspecified atom stereocenters. The molecule has 1 atom stereocenters. The maximum absolute atomic E-state index is 4.66. The molecule has 2 heterocycles. The predicted octanol–water partition coefficient (Wildman–Crippen LogP) is 2.20. The summed E-state index contributed by atoms with van der Waals surface area (Å²) in [6.45, 7) is 12.6. The van der Waals surface area contributed by atoms with E-state index in [0.29, 0.717) is 5.92 Å². The van der Waals surface area contributed by atoms with Gasteiger partial charge in [0.15, 0.2) is 5.82 Å². The van der Waals surface area contributed by atoms with Crippen molar-refractivity contribution in [1.29, 1.82) is 0 Å². The molecule has 0 amide bonds. The second kappa shape index (κ2) is 4.93. The van der Waals surface area contributed by atoms with Crippen LogP contribution in [0.1, 0.15) is 51.4 Å². The molecule has 0 aliphatic carbocycles. The normalized spacial score (nSPS) is 14.3. The highest BCUT2D eigenvalue weighted by atomic mass is 32.1. The Kier molecular flexibility index (Phi) is 3.68. The van der Waals surface area contributed by atoms with Crippen LogP contribution in [0, 0.1) is 0 Å². The van der Waals surface area contributed by atoms with Gasteiger partial charge in [-0.05, 0) is 6.54 Å². The van der Waals surface area contributed by atoms with Gasteiger partial charge in [-0.15, -0.1) is 10.2 Å². The highest BCUT2D eigenvalue weighted by Gasteiger charge is 2.24. The van der Waals surface area contributed by atoms with E-state index >= 15 is 0 Å². The van der Waals surface area contributed by atoms with Gasteiger partial charge in [0.25, 0.3) is 0 Å². The van der Waals surface area contributed by atoms with E-state index in [1.807, 2.05) is 4.52 Å². The molecule has 0 radical (unpaired) electrons. The number of aromatic nitrogens is 4. The Bertz CT molecular complexity index is 522. The lowest BCUT2D eigenvalue weighted by Crippen LogP contribution is -2.20. The lowest BCUT2D eigenvalue weighted by atomic mass is 9.96. The van der Waals surface area contributed by atoms with Crippen LogP contribution in [0.4, 0.5) is 0 Å². The first-order valence-corrected chi connectivity index (χ1v) is 7.18. The second-order valence-corrected chi connectivity index (χ2v) is 6.60. The topological polar surface area (TPSA) is 55.1 Å². The summed E-state index contributed by atoms with van der Waals surface area (Å²) in [5.41, 5.74) is -0.0321. The zero-order chi connectivity index (χ0) is 13.3. The molecule has 0 saturated carbocycles. The molecule has 1 N–H and O–H groups in total. The van der Waals surface area contributed by atoms with Crippen LogP contribution in [0.5, 0.6) is 0 Å². The molecule has 0 aliphatic heterocycles. The van der Waals surface area contributed by atoms with E-state index < -0.39 is 0 Å². The molecule has 0 aromatic carbocycles. The Morgan fingerprint density at radius 3 is 2.67 bits per heavy atom. The molecular weight excluding hydrogens is 246 g/mol. The summed E-state index contributed by atoms with van der Waals surface area (Å²) < 4.78 is 1.89. The summed E-state index contributed by atoms with van der Waals surface area (Å²) in [5.74, 6) is 1.33. The molecule has 0 fully saturated rings. The monoisotopic (exact) mass is 267 g/mol. The van der Waals surface area contributed by atoms with Crippen molar-refractivity contribution in [3.8, 4) is 0 Å². The number of hydrogen-bond acceptors (Lipinski definition) is 5. The number of likely N-dealkylation sites (N-methyl/N-ethyl adjacent to an activating group) is 1. The fraction of sp³-hybridized carbons (Fsp3) is 0.750. The number of hydrogen-bond donors (Lipinski definition) is 1. The predicted molar refractivity (Wildman–Crippen MR) is 74.3 cm³/mol. The Balaban J connectivity index is 2.31. The first kappa shape index (κ1) is 13.4. The largest absolute Gasteiger partial charge is 0.316 e. The van der Waals surface area contributed by atoms with Gasteiger partial charge >= 0.3 is 0 Å². The molecular formula is C12H21N5S. The third kappa shape index (κ3) is 2.54. The van der Waals surface area contributed by atoms with Crippen molar-refractivity contribution in [2.45, 2.75) is 46.0 Å². The molecule has 0 spiro atoms. The fourth-order valence-electron chi connectivity index (χ4n) is 1.75. The summed E-state index contributed by atoms with van der Waals surface area (Å²) in [5, 5.41) is 17.6. The van der Waals surface area contributed by atoms with E-state index in [2.05, 4.69) is 55.2 Å². The third-order valence-corrected chi connectivity index (χ3v) is 3.93. The van der Waals surface area contributed by atoms with E-state index in [-0.39, 0.29) is 5.41 Å². The fourth-order valence-corrected chi connectivity index (χ4v) is 2.64. The minimum atomic E-state index is -0.0321. The molecule has 5 nitrogen and oxygen atoms in total. The zero-order valence-corrected chi connectivity index (χ0v) is 12.5. The van der Waals surface area contributed by atoms with Crippen molar-refractivity contribution in [3.63, 3.8) is 0 Å². The van der Waals surface area contributed by atoms with Gasteiger partial charge in [0.2, 0.25) is 4.96 Å². The molecule has 100 valence electrons. The lowest BCUT2D eigenvalue weighted by Gasteiger charge is -2.13. The molecule has 0 aliphatic rings. The molecule has 2 aromatic heterocycles. The molecule has 2 aromatic rings. The summed E-state index contributed by atoms with van der Waals surface area (Å²) in [6, 6.07) is 0. The van der Waals surface area contributed by atoms with Crippen molar-refractivity contribution in [2.24, 2.45) is 0 Å². The van der Waals surface area contributed by atoms with Crippen LogP contribution in [-0.2, 0) is 5.41 Å². The molecule has 0 bridgehead atoms. The van der Waals surface area contributed by atoms with Crippen molar-refractivity contribution in [2.75, 3.05) is 13.1 Å². The maximum atomic E-state index is 4.66. The van der Waals surface area contributed by atoms with Crippen LogP contribution in [0.3, 0.4) is 0 Å². The molecule has 18 heavy (non-hydrogen) atoms. The zero-order valence-electron chi connectivity index (χ0n) is 11.7. The van der Waals surface area contributed by atoms with E-state index in [9.17, 15) is 0 Å². The first-order valence-electron chi connectivity index (χ1n) is 6.36. The van der Waals surface area contributed by atoms with Crippen molar-refractivity contribution < 1.29 is 0 Å². The van der Waals surface area contributed by atoms with Crippen LogP contribution in [0.2, 0.25) is 0 Å². The number of nitrogens with zero attached hydrogens (tertiary/aromatic N) is 4. The summed E-state index contributed by atoms with van der Waals surface area (Å²) >= 11 is 1.63. The minimum Gasteiger partial charge on any atom is -0.316 e. The summed E-state index contributed by atoms with van der Waals surface area (Å²) in [7, 11) is 0. The third-order valence-electron chi connectivity index (χ3n) is 2.80. The van der Waals surface area contributed by atoms with Crippen LogP contribution in [0.15, 0.2) is 0 Å². The van der Waals surface area contributed by atoms with Gasteiger partial charge in [-0.3, -0.25) is 0 Å². The maximum Gasteiger partial charge on any atom is 0.234 e. The van der Waals surface area contributed by atoms with Crippen LogP contribution >= 0.6 is 11.3 Å². The highest BCUT2D eigenvalue weighted by molar-refractivity contribution is 7.16. The molecule has 6 heteroatoms. The van der Waals surface area contributed by atoms with Gasteiger partial charge < -0.3 is 5.32 Å². The molecule has 0 saturated heterocycles. The number of nitrogens with one attached hydrogen (secondary N) is 1.